The van der Waals surface area contributed by atoms with Crippen molar-refractivity contribution >= 4 is 11.3 Å². The molecule has 18 heavy (non-hydrogen) atoms. The largest absolute Gasteiger partial charge is 0.307 e. The van der Waals surface area contributed by atoms with Crippen LogP contribution in [0.5, 0.6) is 0 Å². The fourth-order valence-electron chi connectivity index (χ4n) is 2.70. The Hall–Kier alpha value is -0.600. The zero-order chi connectivity index (χ0) is 12.8. The molecule has 0 saturated carbocycles. The second-order valence-electron chi connectivity index (χ2n) is 5.28. The molecule has 1 unspecified atom stereocenters. The van der Waals surface area contributed by atoms with E-state index in [1.807, 2.05) is 11.3 Å². The second kappa shape index (κ2) is 7.10. The first-order valence-corrected chi connectivity index (χ1v) is 8.22. The average Bonchev–Trinajstić information content (AvgIpc) is 2.65. The van der Waals surface area contributed by atoms with Crippen LogP contribution in [0, 0.1) is 6.92 Å². The highest BCUT2D eigenvalue weighted by molar-refractivity contribution is 7.08. The van der Waals surface area contributed by atoms with Crippen molar-refractivity contribution in [3.8, 4) is 0 Å². The molecule has 0 spiro atoms. The number of nitrogens with one attached hydrogen (secondary N) is 1. The Morgan fingerprint density at radius 2 is 2.17 bits per heavy atom. The molecule has 0 bridgehead atoms. The molecule has 1 heterocycles. The molecule has 1 aliphatic rings. The van der Waals surface area contributed by atoms with Crippen LogP contribution >= 0.6 is 11.3 Å². The van der Waals surface area contributed by atoms with E-state index in [0.717, 1.165) is 6.54 Å². The molecule has 100 valence electrons. The lowest BCUT2D eigenvalue weighted by Crippen LogP contribution is -2.24. The van der Waals surface area contributed by atoms with Gasteiger partial charge in [-0.3, -0.25) is 0 Å². The van der Waals surface area contributed by atoms with Gasteiger partial charge in [0, 0.05) is 0 Å². The molecule has 1 aromatic rings. The third kappa shape index (κ3) is 3.46. The van der Waals surface area contributed by atoms with E-state index < -0.39 is 0 Å². The minimum atomic E-state index is 0.467. The van der Waals surface area contributed by atoms with Gasteiger partial charge in [-0.25, -0.2) is 0 Å². The Morgan fingerprint density at radius 3 is 2.89 bits per heavy atom. The van der Waals surface area contributed by atoms with Crippen molar-refractivity contribution in [3.05, 3.63) is 33.5 Å². The lowest BCUT2D eigenvalue weighted by atomic mass is 9.94. The summed E-state index contributed by atoms with van der Waals surface area (Å²) in [4.78, 5) is 0. The smallest absolute Gasteiger partial charge is 0.0546 e. The Labute approximate surface area is 115 Å². The minimum absolute atomic E-state index is 0.467. The fraction of sp³-hybridized carbons (Fsp3) is 0.625. The maximum Gasteiger partial charge on any atom is 0.0546 e. The lowest BCUT2D eigenvalue weighted by Gasteiger charge is -2.22. The summed E-state index contributed by atoms with van der Waals surface area (Å²) in [6.07, 6.45) is 10.4. The van der Waals surface area contributed by atoms with E-state index in [-0.39, 0.29) is 0 Å². The van der Waals surface area contributed by atoms with E-state index >= 15 is 0 Å². The Balaban J connectivity index is 2.18. The standard InChI is InChI=1S/C16H25NS/c1-3-10-17-16(15-12-18-11-13(15)2)14-8-6-4-5-7-9-14/h8,11-12,16-17H,3-7,9-10H2,1-2H3. The summed E-state index contributed by atoms with van der Waals surface area (Å²) in [5.74, 6) is 0. The van der Waals surface area contributed by atoms with Gasteiger partial charge in [0.2, 0.25) is 0 Å². The van der Waals surface area contributed by atoms with Crippen molar-refractivity contribution in [1.82, 2.24) is 5.32 Å². The summed E-state index contributed by atoms with van der Waals surface area (Å²) in [6.45, 7) is 5.59. The van der Waals surface area contributed by atoms with Crippen molar-refractivity contribution < 1.29 is 0 Å². The molecule has 0 fully saturated rings. The van der Waals surface area contributed by atoms with E-state index in [0.29, 0.717) is 6.04 Å². The van der Waals surface area contributed by atoms with Crippen LogP contribution in [0.15, 0.2) is 22.4 Å². The van der Waals surface area contributed by atoms with Gasteiger partial charge in [-0.05, 0) is 67.5 Å². The van der Waals surface area contributed by atoms with Gasteiger partial charge in [-0.2, -0.15) is 11.3 Å². The van der Waals surface area contributed by atoms with E-state index in [1.165, 1.54) is 49.7 Å². The Kier molecular flexibility index (Phi) is 5.45. The zero-order valence-corrected chi connectivity index (χ0v) is 12.5. The summed E-state index contributed by atoms with van der Waals surface area (Å²) in [5.41, 5.74) is 4.57. The van der Waals surface area contributed by atoms with Crippen LogP contribution in [-0.4, -0.2) is 6.54 Å². The number of hydrogen-bond acceptors (Lipinski definition) is 2. The maximum absolute atomic E-state index is 3.75. The van der Waals surface area contributed by atoms with Crippen molar-refractivity contribution in [2.45, 2.75) is 58.4 Å². The number of aryl methyl sites for hydroxylation is 1. The van der Waals surface area contributed by atoms with Crippen LogP contribution in [-0.2, 0) is 0 Å². The zero-order valence-electron chi connectivity index (χ0n) is 11.7. The predicted octanol–water partition coefficient (Wildman–Crippen LogP) is 4.99. The Bertz CT molecular complexity index is 392. The molecular weight excluding hydrogens is 238 g/mol. The third-order valence-electron chi connectivity index (χ3n) is 3.75. The Morgan fingerprint density at radius 1 is 1.28 bits per heavy atom. The molecule has 1 aromatic heterocycles. The summed E-state index contributed by atoms with van der Waals surface area (Å²) in [7, 11) is 0. The molecule has 1 aliphatic carbocycles. The average molecular weight is 263 g/mol. The van der Waals surface area contributed by atoms with E-state index in [4.69, 9.17) is 0 Å². The summed E-state index contributed by atoms with van der Waals surface area (Å²) >= 11 is 1.83. The van der Waals surface area contributed by atoms with Crippen molar-refractivity contribution in [1.29, 1.82) is 0 Å². The van der Waals surface area contributed by atoms with Gasteiger partial charge in [-0.15, -0.1) is 0 Å². The van der Waals surface area contributed by atoms with Gasteiger partial charge < -0.3 is 5.32 Å². The molecule has 1 atom stereocenters. The van der Waals surface area contributed by atoms with Gasteiger partial charge >= 0.3 is 0 Å². The summed E-state index contributed by atoms with van der Waals surface area (Å²) < 4.78 is 0. The molecule has 0 amide bonds. The molecule has 0 saturated heterocycles. The highest BCUT2D eigenvalue weighted by atomic mass is 32.1. The number of thiophene rings is 1. The molecule has 2 rings (SSSR count). The van der Waals surface area contributed by atoms with Crippen LogP contribution in [0.1, 0.15) is 62.6 Å². The molecule has 2 heteroatoms. The van der Waals surface area contributed by atoms with Gasteiger partial charge in [-0.1, -0.05) is 25.0 Å². The minimum Gasteiger partial charge on any atom is -0.307 e. The number of hydrogen-bond donors (Lipinski definition) is 1. The van der Waals surface area contributed by atoms with Crippen molar-refractivity contribution in [2.24, 2.45) is 0 Å². The maximum atomic E-state index is 3.75. The molecule has 0 aromatic carbocycles. The summed E-state index contributed by atoms with van der Waals surface area (Å²) in [6, 6.07) is 0.467. The molecular formula is C16H25NS. The first-order chi connectivity index (χ1) is 8.83. The highest BCUT2D eigenvalue weighted by Gasteiger charge is 2.19. The van der Waals surface area contributed by atoms with Crippen LogP contribution in [0.3, 0.4) is 0 Å². The molecule has 1 nitrogen and oxygen atoms in total. The van der Waals surface area contributed by atoms with Gasteiger partial charge in [0.15, 0.2) is 0 Å². The quantitative estimate of drug-likeness (QED) is 0.738. The van der Waals surface area contributed by atoms with Gasteiger partial charge in [0.1, 0.15) is 0 Å². The number of rotatable bonds is 5. The predicted molar refractivity (Wildman–Crippen MR) is 81.3 cm³/mol. The molecule has 1 N–H and O–H groups in total. The normalized spacial score (nSPS) is 18.2. The molecule has 0 radical (unpaired) electrons. The third-order valence-corrected chi connectivity index (χ3v) is 4.63. The van der Waals surface area contributed by atoms with E-state index in [2.05, 4.69) is 36.0 Å². The van der Waals surface area contributed by atoms with Crippen molar-refractivity contribution in [3.63, 3.8) is 0 Å². The van der Waals surface area contributed by atoms with Crippen LogP contribution < -0.4 is 5.32 Å². The van der Waals surface area contributed by atoms with Crippen LogP contribution in [0.4, 0.5) is 0 Å². The van der Waals surface area contributed by atoms with Gasteiger partial charge in [0.05, 0.1) is 6.04 Å². The first kappa shape index (κ1) is 13.8. The van der Waals surface area contributed by atoms with E-state index in [9.17, 15) is 0 Å². The topological polar surface area (TPSA) is 12.0 Å². The van der Waals surface area contributed by atoms with Crippen LogP contribution in [0.2, 0.25) is 0 Å². The van der Waals surface area contributed by atoms with Crippen molar-refractivity contribution in [2.75, 3.05) is 6.54 Å². The van der Waals surface area contributed by atoms with E-state index in [1.54, 1.807) is 5.57 Å². The summed E-state index contributed by atoms with van der Waals surface area (Å²) in [5, 5.41) is 8.35. The van der Waals surface area contributed by atoms with Crippen LogP contribution in [0.25, 0.3) is 0 Å². The van der Waals surface area contributed by atoms with Gasteiger partial charge in [0.25, 0.3) is 0 Å². The monoisotopic (exact) mass is 263 g/mol. The molecule has 0 aliphatic heterocycles. The highest BCUT2D eigenvalue weighted by Crippen LogP contribution is 2.32. The second-order valence-corrected chi connectivity index (χ2v) is 6.02. The number of allylic oxidation sites excluding steroid dienone is 1. The fourth-order valence-corrected chi connectivity index (χ4v) is 3.57. The lowest BCUT2D eigenvalue weighted by molar-refractivity contribution is 0.566. The SMILES string of the molecule is CCCNC(C1=CCCCCC1)c1cscc1C. The first-order valence-electron chi connectivity index (χ1n) is 7.28.